The van der Waals surface area contributed by atoms with Gasteiger partial charge in [0, 0.05) is 5.02 Å². The highest BCUT2D eigenvalue weighted by atomic mass is 35.5. The monoisotopic (exact) mass is 448 g/mol. The van der Waals surface area contributed by atoms with Gasteiger partial charge in [-0.15, -0.1) is 0 Å². The van der Waals surface area contributed by atoms with Crippen LogP contribution in [0.4, 0.5) is 11.4 Å². The number of aromatic carboxylic acids is 1. The zero-order valence-electron chi connectivity index (χ0n) is 16.6. The molecule has 3 aromatic rings. The molecule has 0 unspecified atom stereocenters. The van der Waals surface area contributed by atoms with Crippen molar-refractivity contribution >= 4 is 40.8 Å². The van der Waals surface area contributed by atoms with Crippen molar-refractivity contribution in [2.24, 2.45) is 5.92 Å². The molecule has 0 saturated carbocycles. The molecule has 3 aromatic carbocycles. The van der Waals surface area contributed by atoms with Crippen LogP contribution in [0.3, 0.4) is 0 Å². The van der Waals surface area contributed by atoms with E-state index in [1.54, 1.807) is 23.3 Å². The zero-order chi connectivity index (χ0) is 22.4. The molecule has 0 spiro atoms. The molecule has 160 valence electrons. The lowest BCUT2D eigenvalue weighted by atomic mass is 9.90. The van der Waals surface area contributed by atoms with Gasteiger partial charge in [0.25, 0.3) is 5.91 Å². The second-order valence-corrected chi connectivity index (χ2v) is 8.01. The predicted octanol–water partition coefficient (Wildman–Crippen LogP) is 4.09. The summed E-state index contributed by atoms with van der Waals surface area (Å²) in [6.45, 7) is 0. The number of para-hydroxylation sites is 1. The second kappa shape index (κ2) is 7.78. The van der Waals surface area contributed by atoms with E-state index in [1.165, 1.54) is 24.3 Å². The van der Waals surface area contributed by atoms with Crippen LogP contribution in [0.2, 0.25) is 5.02 Å². The Balaban J connectivity index is 1.56. The Morgan fingerprint density at radius 1 is 0.875 bits per heavy atom. The van der Waals surface area contributed by atoms with E-state index in [0.717, 1.165) is 10.5 Å². The number of fused-ring (bicyclic) bond motifs is 1. The van der Waals surface area contributed by atoms with Crippen LogP contribution < -0.4 is 9.96 Å². The highest BCUT2D eigenvalue weighted by Crippen LogP contribution is 2.47. The van der Waals surface area contributed by atoms with Gasteiger partial charge in [-0.1, -0.05) is 41.9 Å². The average Bonchev–Trinajstić information content (AvgIpc) is 3.30. The van der Waals surface area contributed by atoms with Crippen LogP contribution in [0.25, 0.3) is 0 Å². The van der Waals surface area contributed by atoms with Gasteiger partial charge in [0.15, 0.2) is 6.10 Å². The van der Waals surface area contributed by atoms with Crippen molar-refractivity contribution in [2.45, 2.75) is 12.1 Å². The first kappa shape index (κ1) is 20.2. The van der Waals surface area contributed by atoms with Crippen molar-refractivity contribution in [1.82, 2.24) is 0 Å². The minimum atomic E-state index is -1.09. The number of hydrogen-bond donors (Lipinski definition) is 1. The van der Waals surface area contributed by atoms with Gasteiger partial charge in [-0.25, -0.2) is 14.8 Å². The van der Waals surface area contributed by atoms with Crippen LogP contribution in [0, 0.1) is 5.92 Å². The highest BCUT2D eigenvalue weighted by Gasteiger charge is 2.60. The molecular weight excluding hydrogens is 432 g/mol. The predicted molar refractivity (Wildman–Crippen MR) is 117 cm³/mol. The van der Waals surface area contributed by atoms with E-state index in [0.29, 0.717) is 16.4 Å². The fourth-order valence-corrected chi connectivity index (χ4v) is 4.45. The fraction of sp³-hybridized carbons (Fsp3) is 0.125. The normalized spacial score (nSPS) is 22.3. The third-order valence-corrected chi connectivity index (χ3v) is 5.92. The van der Waals surface area contributed by atoms with Crippen molar-refractivity contribution in [1.29, 1.82) is 0 Å². The van der Waals surface area contributed by atoms with Crippen molar-refractivity contribution < 1.29 is 24.3 Å². The SMILES string of the molecule is O=C(O)c1ccc(N2C(=O)[C@@H]3[C@@H](ON(c4ccccc4)[C@H]3c3cccc(Cl)c3)C2=O)cc1. The molecule has 7 nitrogen and oxygen atoms in total. The van der Waals surface area contributed by atoms with Crippen molar-refractivity contribution in [2.75, 3.05) is 9.96 Å². The van der Waals surface area contributed by atoms with E-state index in [9.17, 15) is 14.4 Å². The van der Waals surface area contributed by atoms with Crippen LogP contribution in [0.5, 0.6) is 0 Å². The largest absolute Gasteiger partial charge is 0.478 e. The number of imide groups is 1. The minimum Gasteiger partial charge on any atom is -0.478 e. The summed E-state index contributed by atoms with van der Waals surface area (Å²) >= 11 is 6.22. The maximum Gasteiger partial charge on any atom is 0.335 e. The van der Waals surface area contributed by atoms with Crippen LogP contribution in [0.1, 0.15) is 22.0 Å². The number of halogens is 1. The van der Waals surface area contributed by atoms with E-state index >= 15 is 0 Å². The Bertz CT molecular complexity index is 1210. The highest BCUT2D eigenvalue weighted by molar-refractivity contribution is 6.30. The number of carbonyl (C=O) groups excluding carboxylic acids is 2. The summed E-state index contributed by atoms with van der Waals surface area (Å²) in [5.74, 6) is -2.78. The van der Waals surface area contributed by atoms with Crippen LogP contribution in [-0.4, -0.2) is 29.0 Å². The Kier molecular flexibility index (Phi) is 4.92. The average molecular weight is 449 g/mol. The van der Waals surface area contributed by atoms with Gasteiger partial charge in [0.1, 0.15) is 5.92 Å². The summed E-state index contributed by atoms with van der Waals surface area (Å²) < 4.78 is 0. The van der Waals surface area contributed by atoms with E-state index in [-0.39, 0.29) is 5.56 Å². The summed E-state index contributed by atoms with van der Waals surface area (Å²) in [5.41, 5.74) is 1.83. The molecular formula is C24H17ClN2O5. The number of nitrogens with zero attached hydrogens (tertiary/aromatic N) is 2. The number of hydroxylamine groups is 1. The molecule has 0 bridgehead atoms. The molecule has 8 heteroatoms. The first-order valence-corrected chi connectivity index (χ1v) is 10.3. The third kappa shape index (κ3) is 3.23. The maximum atomic E-state index is 13.5. The van der Waals surface area contributed by atoms with Gasteiger partial charge in [0.05, 0.1) is 23.0 Å². The van der Waals surface area contributed by atoms with Gasteiger partial charge < -0.3 is 5.11 Å². The standard InChI is InChI=1S/C24H17ClN2O5/c25-16-6-4-5-15(13-16)20-19-21(32-27(20)18-7-2-1-3-8-18)23(29)26(22(19)28)17-11-9-14(10-12-17)24(30)31/h1-13,19-21H,(H,30,31)/t19-,20-,21+/m0/s1. The van der Waals surface area contributed by atoms with Crippen molar-refractivity contribution in [3.63, 3.8) is 0 Å². The number of anilines is 2. The molecule has 2 saturated heterocycles. The van der Waals surface area contributed by atoms with Crippen LogP contribution >= 0.6 is 11.6 Å². The smallest absolute Gasteiger partial charge is 0.335 e. The Morgan fingerprint density at radius 3 is 2.25 bits per heavy atom. The Morgan fingerprint density at radius 2 is 1.59 bits per heavy atom. The number of carbonyl (C=O) groups is 3. The lowest BCUT2D eigenvalue weighted by molar-refractivity contribution is -0.126. The molecule has 32 heavy (non-hydrogen) atoms. The van der Waals surface area contributed by atoms with E-state index in [4.69, 9.17) is 21.5 Å². The first-order valence-electron chi connectivity index (χ1n) is 9.93. The molecule has 3 atom stereocenters. The van der Waals surface area contributed by atoms with E-state index < -0.39 is 35.8 Å². The summed E-state index contributed by atoms with van der Waals surface area (Å²) in [5, 5.41) is 11.2. The molecule has 5 rings (SSSR count). The number of benzene rings is 3. The van der Waals surface area contributed by atoms with Gasteiger partial charge in [0.2, 0.25) is 5.91 Å². The van der Waals surface area contributed by atoms with Gasteiger partial charge >= 0.3 is 5.97 Å². The summed E-state index contributed by atoms with van der Waals surface area (Å²) in [6.07, 6.45) is -1.01. The lowest BCUT2D eigenvalue weighted by Gasteiger charge is -2.28. The van der Waals surface area contributed by atoms with Crippen LogP contribution in [0.15, 0.2) is 78.9 Å². The summed E-state index contributed by atoms with van der Waals surface area (Å²) in [7, 11) is 0. The Hall–Kier alpha value is -3.68. The number of carboxylic acid groups (broad SMARTS) is 1. The van der Waals surface area contributed by atoms with Gasteiger partial charge in [-0.05, 0) is 54.1 Å². The third-order valence-electron chi connectivity index (χ3n) is 5.69. The van der Waals surface area contributed by atoms with Crippen molar-refractivity contribution in [3.8, 4) is 0 Å². The first-order chi connectivity index (χ1) is 15.5. The Labute approximate surface area is 188 Å². The summed E-state index contributed by atoms with van der Waals surface area (Å²) in [4.78, 5) is 45.0. The molecule has 2 heterocycles. The topological polar surface area (TPSA) is 87.2 Å². The maximum absolute atomic E-state index is 13.5. The number of hydrogen-bond acceptors (Lipinski definition) is 5. The molecule has 2 aliphatic heterocycles. The number of amides is 2. The van der Waals surface area contributed by atoms with Gasteiger partial charge in [-0.3, -0.25) is 14.4 Å². The van der Waals surface area contributed by atoms with Crippen LogP contribution in [-0.2, 0) is 14.4 Å². The summed E-state index contributed by atoms with van der Waals surface area (Å²) in [6, 6.07) is 21.4. The molecule has 0 aliphatic carbocycles. The fourth-order valence-electron chi connectivity index (χ4n) is 4.25. The van der Waals surface area contributed by atoms with E-state index in [2.05, 4.69) is 0 Å². The second-order valence-electron chi connectivity index (χ2n) is 7.58. The quantitative estimate of drug-likeness (QED) is 0.605. The number of rotatable bonds is 4. The number of carboxylic acids is 1. The molecule has 1 N–H and O–H groups in total. The molecule has 2 amide bonds. The molecule has 0 radical (unpaired) electrons. The van der Waals surface area contributed by atoms with E-state index in [1.807, 2.05) is 36.4 Å². The lowest BCUT2D eigenvalue weighted by Crippen LogP contribution is -2.37. The van der Waals surface area contributed by atoms with Crippen molar-refractivity contribution in [3.05, 3.63) is 95.0 Å². The molecule has 2 aliphatic rings. The molecule has 0 aromatic heterocycles. The van der Waals surface area contributed by atoms with Gasteiger partial charge in [-0.2, -0.15) is 0 Å². The zero-order valence-corrected chi connectivity index (χ0v) is 17.3. The minimum absolute atomic E-state index is 0.0661. The molecule has 2 fully saturated rings.